The van der Waals surface area contributed by atoms with Gasteiger partial charge in [-0.2, -0.15) is 4.98 Å². The van der Waals surface area contributed by atoms with Crippen molar-refractivity contribution < 1.29 is 9.13 Å². The van der Waals surface area contributed by atoms with Gasteiger partial charge in [-0.3, -0.25) is 0 Å². The number of methoxy groups -OCH3 is 1. The fourth-order valence-corrected chi connectivity index (χ4v) is 3.20. The second kappa shape index (κ2) is 7.98. The highest BCUT2D eigenvalue weighted by atomic mass is 19.1. The van der Waals surface area contributed by atoms with Gasteiger partial charge in [0, 0.05) is 12.1 Å². The van der Waals surface area contributed by atoms with Crippen LogP contribution in [0.2, 0.25) is 0 Å². The van der Waals surface area contributed by atoms with E-state index >= 15 is 0 Å². The lowest BCUT2D eigenvalue weighted by Crippen LogP contribution is -2.11. The molecule has 0 aliphatic rings. The van der Waals surface area contributed by atoms with Gasteiger partial charge in [-0.1, -0.05) is 26.0 Å². The number of nitrogens with two attached hydrogens (primary N) is 1. The molecule has 0 bridgehead atoms. The summed E-state index contributed by atoms with van der Waals surface area (Å²) in [5.74, 6) is 1.58. The van der Waals surface area contributed by atoms with Crippen LogP contribution in [0.5, 0.6) is 5.75 Å². The Morgan fingerprint density at radius 2 is 1.83 bits per heavy atom. The number of benzene rings is 2. The minimum Gasteiger partial charge on any atom is -0.496 e. The Morgan fingerprint density at radius 3 is 2.53 bits per heavy atom. The van der Waals surface area contributed by atoms with Crippen LogP contribution in [-0.2, 0) is 0 Å². The molecule has 0 amide bonds. The van der Waals surface area contributed by atoms with Crippen molar-refractivity contribution in [2.75, 3.05) is 24.7 Å². The first-order valence-electron chi connectivity index (χ1n) is 9.67. The van der Waals surface area contributed by atoms with Crippen molar-refractivity contribution in [3.05, 3.63) is 54.3 Å². The van der Waals surface area contributed by atoms with Crippen molar-refractivity contribution in [1.82, 2.24) is 19.7 Å². The van der Waals surface area contributed by atoms with Crippen LogP contribution in [0, 0.1) is 11.7 Å². The van der Waals surface area contributed by atoms with Gasteiger partial charge >= 0.3 is 0 Å². The third kappa shape index (κ3) is 3.63. The fraction of sp³-hybridized carbons (Fsp3) is 0.227. The number of rotatable bonds is 6. The van der Waals surface area contributed by atoms with Crippen LogP contribution in [-0.4, -0.2) is 33.4 Å². The van der Waals surface area contributed by atoms with E-state index in [4.69, 9.17) is 15.5 Å². The summed E-state index contributed by atoms with van der Waals surface area (Å²) in [6, 6.07) is 13.6. The molecule has 0 radical (unpaired) electrons. The maximum Gasteiger partial charge on any atom is 0.225 e. The number of halogens is 1. The van der Waals surface area contributed by atoms with E-state index in [0.29, 0.717) is 52.4 Å². The number of fused-ring (bicyclic) bond motifs is 1. The van der Waals surface area contributed by atoms with Crippen LogP contribution in [0.4, 0.5) is 16.2 Å². The highest BCUT2D eigenvalue weighted by molar-refractivity contribution is 6.00. The van der Waals surface area contributed by atoms with Crippen LogP contribution in [0.3, 0.4) is 0 Å². The average Bonchev–Trinajstić information content (AvgIpc) is 3.08. The van der Waals surface area contributed by atoms with Crippen LogP contribution in [0.25, 0.3) is 28.0 Å². The fourth-order valence-electron chi connectivity index (χ4n) is 3.20. The van der Waals surface area contributed by atoms with E-state index < -0.39 is 0 Å². The first-order valence-corrected chi connectivity index (χ1v) is 9.67. The molecule has 2 aromatic carbocycles. The molecule has 0 atom stereocenters. The molecule has 0 fully saturated rings. The van der Waals surface area contributed by atoms with E-state index in [2.05, 4.69) is 29.2 Å². The molecule has 4 aromatic rings. The lowest BCUT2D eigenvalue weighted by Gasteiger charge is -2.12. The Morgan fingerprint density at radius 1 is 1.10 bits per heavy atom. The van der Waals surface area contributed by atoms with Crippen molar-refractivity contribution in [3.63, 3.8) is 0 Å². The predicted molar refractivity (Wildman–Crippen MR) is 116 cm³/mol. The maximum atomic E-state index is 13.4. The molecule has 8 heteroatoms. The second-order valence-electron chi connectivity index (χ2n) is 7.34. The zero-order chi connectivity index (χ0) is 21.3. The van der Waals surface area contributed by atoms with Gasteiger partial charge in [0.25, 0.3) is 0 Å². The lowest BCUT2D eigenvalue weighted by atomic mass is 10.1. The highest BCUT2D eigenvalue weighted by Gasteiger charge is 2.21. The van der Waals surface area contributed by atoms with Crippen LogP contribution < -0.4 is 15.8 Å². The molecule has 7 nitrogen and oxygen atoms in total. The van der Waals surface area contributed by atoms with E-state index in [1.54, 1.807) is 23.9 Å². The Labute approximate surface area is 173 Å². The molecule has 2 heterocycles. The number of nitrogens with zero attached hydrogens (tertiary/aromatic N) is 4. The molecule has 3 N–H and O–H groups in total. The Kier molecular flexibility index (Phi) is 5.22. The zero-order valence-corrected chi connectivity index (χ0v) is 17.1. The summed E-state index contributed by atoms with van der Waals surface area (Å²) < 4.78 is 20.5. The molecule has 0 unspecified atom stereocenters. The number of para-hydroxylation sites is 1. The molecular formula is C22H23FN6O. The van der Waals surface area contributed by atoms with Gasteiger partial charge in [-0.15, -0.1) is 5.10 Å². The van der Waals surface area contributed by atoms with Gasteiger partial charge in [-0.05, 0) is 42.3 Å². The Hall–Kier alpha value is -3.68. The Bertz CT molecular complexity index is 1190. The molecule has 2 aromatic heterocycles. The number of nitrogen functional groups attached to an aromatic ring is 1. The number of hydrogen-bond donors (Lipinski definition) is 2. The largest absolute Gasteiger partial charge is 0.496 e. The first-order chi connectivity index (χ1) is 14.5. The molecule has 0 spiro atoms. The summed E-state index contributed by atoms with van der Waals surface area (Å²) >= 11 is 0. The molecule has 0 aliphatic carbocycles. The highest BCUT2D eigenvalue weighted by Crippen LogP contribution is 2.37. The number of ether oxygens (including phenoxy) is 1. The van der Waals surface area contributed by atoms with Crippen molar-refractivity contribution >= 4 is 22.8 Å². The molecule has 0 saturated heterocycles. The molecular weight excluding hydrogens is 383 g/mol. The van der Waals surface area contributed by atoms with Crippen LogP contribution >= 0.6 is 0 Å². The second-order valence-corrected chi connectivity index (χ2v) is 7.34. The van der Waals surface area contributed by atoms with Gasteiger partial charge in [0.15, 0.2) is 5.65 Å². The maximum absolute atomic E-state index is 13.4. The quantitative estimate of drug-likeness (QED) is 0.497. The van der Waals surface area contributed by atoms with E-state index in [1.807, 2.05) is 24.3 Å². The summed E-state index contributed by atoms with van der Waals surface area (Å²) in [6.07, 6.45) is 0. The van der Waals surface area contributed by atoms with Crippen molar-refractivity contribution in [2.45, 2.75) is 13.8 Å². The lowest BCUT2D eigenvalue weighted by molar-refractivity contribution is 0.416. The van der Waals surface area contributed by atoms with E-state index in [-0.39, 0.29) is 5.82 Å². The minimum absolute atomic E-state index is 0.330. The molecule has 30 heavy (non-hydrogen) atoms. The third-order valence-corrected chi connectivity index (χ3v) is 4.67. The molecule has 154 valence electrons. The normalized spacial score (nSPS) is 11.2. The van der Waals surface area contributed by atoms with Crippen LogP contribution in [0.1, 0.15) is 13.8 Å². The summed E-state index contributed by atoms with van der Waals surface area (Å²) in [6.45, 7) is 4.92. The molecule has 4 rings (SSSR count). The van der Waals surface area contributed by atoms with Crippen molar-refractivity contribution in [1.29, 1.82) is 0 Å². The molecule has 0 aliphatic heterocycles. The SMILES string of the molecule is COc1ccccc1-c1nc(NCC(C)C)nc2nn(-c3ccc(F)cc3)c(N)c12. The van der Waals surface area contributed by atoms with Gasteiger partial charge in [0.05, 0.1) is 23.9 Å². The van der Waals surface area contributed by atoms with Crippen molar-refractivity contribution in [2.24, 2.45) is 5.92 Å². The van der Waals surface area contributed by atoms with Gasteiger partial charge in [0.2, 0.25) is 5.95 Å². The number of hydrogen-bond acceptors (Lipinski definition) is 6. The van der Waals surface area contributed by atoms with Gasteiger partial charge in [-0.25, -0.2) is 14.1 Å². The van der Waals surface area contributed by atoms with Gasteiger partial charge in [0.1, 0.15) is 17.4 Å². The zero-order valence-electron chi connectivity index (χ0n) is 17.1. The number of nitrogens with one attached hydrogen (secondary N) is 1. The van der Waals surface area contributed by atoms with E-state index in [0.717, 1.165) is 5.56 Å². The number of aromatic nitrogens is 4. The van der Waals surface area contributed by atoms with Gasteiger partial charge < -0.3 is 15.8 Å². The van der Waals surface area contributed by atoms with E-state index in [9.17, 15) is 4.39 Å². The third-order valence-electron chi connectivity index (χ3n) is 4.67. The standard InChI is InChI=1S/C22H23FN6O/c1-13(2)12-25-22-26-19(16-6-4-5-7-17(16)30-3)18-20(24)29(28-21(18)27-22)15-10-8-14(23)9-11-15/h4-11,13H,12,24H2,1-3H3,(H,25,27,28). The molecule has 0 saturated carbocycles. The average molecular weight is 406 g/mol. The van der Waals surface area contributed by atoms with Crippen molar-refractivity contribution in [3.8, 4) is 22.7 Å². The number of anilines is 2. The first kappa shape index (κ1) is 19.6. The summed E-state index contributed by atoms with van der Waals surface area (Å²) in [5.41, 5.74) is 8.96. The predicted octanol–water partition coefficient (Wildman–Crippen LogP) is 4.28. The smallest absolute Gasteiger partial charge is 0.225 e. The summed E-state index contributed by atoms with van der Waals surface area (Å²) in [4.78, 5) is 9.30. The van der Waals surface area contributed by atoms with E-state index in [1.165, 1.54) is 12.1 Å². The van der Waals surface area contributed by atoms with Crippen LogP contribution in [0.15, 0.2) is 48.5 Å². The minimum atomic E-state index is -0.330. The summed E-state index contributed by atoms with van der Waals surface area (Å²) in [7, 11) is 1.61. The topological polar surface area (TPSA) is 90.9 Å². The Balaban J connectivity index is 1.96. The summed E-state index contributed by atoms with van der Waals surface area (Å²) in [5, 5.41) is 8.45. The monoisotopic (exact) mass is 406 g/mol.